The Bertz CT molecular complexity index is 4820. The van der Waals surface area contributed by atoms with Crippen LogP contribution in [0.5, 0.6) is 0 Å². The number of nitrogens with zero attached hydrogens (tertiary/aromatic N) is 4. The van der Waals surface area contributed by atoms with Crippen LogP contribution in [-0.2, 0) is 12.8 Å². The first-order valence-electron chi connectivity index (χ1n) is 29.2. The highest BCUT2D eigenvalue weighted by atomic mass is 15.0. The molecule has 4 heterocycles. The summed E-state index contributed by atoms with van der Waals surface area (Å²) in [7, 11) is 0. The molecule has 0 spiro atoms. The molecule has 394 valence electrons. The minimum Gasteiger partial charge on any atom is -0.313 e. The van der Waals surface area contributed by atoms with Crippen molar-refractivity contribution >= 4 is 77.6 Å². The monoisotopic (exact) mass is 1070 g/mol. The summed E-state index contributed by atoms with van der Waals surface area (Å²) in [6.07, 6.45) is 19.4. The van der Waals surface area contributed by atoms with E-state index in [4.69, 9.17) is 0 Å². The van der Waals surface area contributed by atoms with Crippen LogP contribution in [0.1, 0.15) is 22.5 Å². The summed E-state index contributed by atoms with van der Waals surface area (Å²) in [5.74, 6) is 0. The molecule has 4 heteroatoms. The van der Waals surface area contributed by atoms with Crippen molar-refractivity contribution in [3.63, 3.8) is 0 Å². The minimum atomic E-state index is 0.855. The molecule has 0 fully saturated rings. The molecule has 11 aromatic carbocycles. The summed E-state index contributed by atoms with van der Waals surface area (Å²) >= 11 is 0. The molecule has 4 nitrogen and oxygen atoms in total. The summed E-state index contributed by atoms with van der Waals surface area (Å²) in [6, 6.07) is 94.8. The SMILES string of the molecule is C1=CCc2c(c3ccccc3n2-c2ccc(-c3ccc(-c4ccc(-n5c6c(c7ccccc75)C=CC=CC6)cc4)c(-c4ccc(-n5c6ccccc6c6ccccc65)cc4)c3-c3ccc(-n4c5ccccc5c5ccccc54)cc3)cc2)C=C1. The molecule has 0 atom stereocenters. The summed E-state index contributed by atoms with van der Waals surface area (Å²) in [6.45, 7) is 0. The zero-order valence-electron chi connectivity index (χ0n) is 46.1. The largest absolute Gasteiger partial charge is 0.313 e. The van der Waals surface area contributed by atoms with Gasteiger partial charge < -0.3 is 18.3 Å². The second-order valence-corrected chi connectivity index (χ2v) is 22.2. The summed E-state index contributed by atoms with van der Waals surface area (Å²) in [5, 5.41) is 7.54. The van der Waals surface area contributed by atoms with E-state index < -0.39 is 0 Å². The van der Waals surface area contributed by atoms with E-state index in [1.54, 1.807) is 0 Å². The van der Waals surface area contributed by atoms with Gasteiger partial charge in [0.2, 0.25) is 0 Å². The fourth-order valence-corrected chi connectivity index (χ4v) is 14.0. The molecule has 0 saturated carbocycles. The number of benzene rings is 11. The number of hydrogen-bond acceptors (Lipinski definition) is 0. The highest BCUT2D eigenvalue weighted by molar-refractivity contribution is 6.11. The van der Waals surface area contributed by atoms with Gasteiger partial charge in [0, 0.05) is 90.4 Å². The zero-order valence-corrected chi connectivity index (χ0v) is 46.1. The molecule has 2 aliphatic carbocycles. The van der Waals surface area contributed by atoms with E-state index in [2.05, 4.69) is 322 Å². The molecule has 0 N–H and O–H groups in total. The molecule has 0 amide bonds. The predicted octanol–water partition coefficient (Wildman–Crippen LogP) is 20.7. The van der Waals surface area contributed by atoms with E-state index >= 15 is 0 Å². The molecule has 4 aromatic heterocycles. The van der Waals surface area contributed by atoms with Crippen molar-refractivity contribution in [2.45, 2.75) is 12.8 Å². The molecule has 0 aliphatic heterocycles. The van der Waals surface area contributed by atoms with Gasteiger partial charge in [0.1, 0.15) is 0 Å². The second-order valence-electron chi connectivity index (χ2n) is 22.2. The van der Waals surface area contributed by atoms with Crippen LogP contribution in [0.3, 0.4) is 0 Å². The number of para-hydroxylation sites is 6. The first kappa shape index (κ1) is 47.8. The molecular weight excluding hydrogens is 1020 g/mol. The first-order valence-corrected chi connectivity index (χ1v) is 29.2. The van der Waals surface area contributed by atoms with E-state index in [1.807, 2.05) is 0 Å². The average molecular weight is 1070 g/mol. The van der Waals surface area contributed by atoms with Gasteiger partial charge in [-0.15, -0.1) is 0 Å². The van der Waals surface area contributed by atoms with Crippen LogP contribution < -0.4 is 0 Å². The number of aromatic nitrogens is 4. The molecule has 15 aromatic rings. The molecule has 2 aliphatic rings. The van der Waals surface area contributed by atoms with Crippen molar-refractivity contribution < 1.29 is 0 Å². The van der Waals surface area contributed by atoms with Crippen LogP contribution in [0.15, 0.2) is 291 Å². The van der Waals surface area contributed by atoms with Crippen LogP contribution in [-0.4, -0.2) is 18.3 Å². The summed E-state index contributed by atoms with van der Waals surface area (Å²) in [5.41, 5.74) is 26.2. The lowest BCUT2D eigenvalue weighted by atomic mass is 9.82. The number of allylic oxidation sites excluding steroid dienone is 6. The van der Waals surface area contributed by atoms with Crippen molar-refractivity contribution in [3.05, 3.63) is 314 Å². The third kappa shape index (κ3) is 7.47. The number of fused-ring (bicyclic) bond motifs is 12. The van der Waals surface area contributed by atoms with Crippen LogP contribution in [0.2, 0.25) is 0 Å². The highest BCUT2D eigenvalue weighted by Crippen LogP contribution is 2.48. The van der Waals surface area contributed by atoms with Crippen LogP contribution in [0.25, 0.3) is 145 Å². The van der Waals surface area contributed by atoms with Crippen molar-refractivity contribution in [1.82, 2.24) is 18.3 Å². The number of hydrogen-bond donors (Lipinski definition) is 0. The summed E-state index contributed by atoms with van der Waals surface area (Å²) < 4.78 is 9.75. The smallest absolute Gasteiger partial charge is 0.0541 e. The molecule has 0 bridgehead atoms. The quantitative estimate of drug-likeness (QED) is 0.145. The maximum Gasteiger partial charge on any atom is 0.0541 e. The molecule has 0 unspecified atom stereocenters. The van der Waals surface area contributed by atoms with Crippen LogP contribution >= 0.6 is 0 Å². The van der Waals surface area contributed by atoms with Gasteiger partial charge in [0.15, 0.2) is 0 Å². The number of rotatable bonds is 8. The van der Waals surface area contributed by atoms with Crippen LogP contribution in [0, 0.1) is 0 Å². The lowest BCUT2D eigenvalue weighted by Gasteiger charge is -2.22. The van der Waals surface area contributed by atoms with Gasteiger partial charge in [-0.1, -0.05) is 218 Å². The fourth-order valence-electron chi connectivity index (χ4n) is 14.0. The van der Waals surface area contributed by atoms with Crippen molar-refractivity contribution in [3.8, 4) is 67.3 Å². The standard InChI is InChI=1S/C80H54N4/c1-3-19-63-65-21-7-13-29-73(65)81(71(63)27-5-1)57-43-35-53(36-44-57)61-51-52-62(54-37-45-58(46-38-54)82-72-28-6-2-4-20-64(72)66-22-8-14-30-74(66)82)80(56-41-49-60(50-42-56)84-77-33-17-11-25-69(77)70-26-12-18-34-78(70)84)79(61)55-39-47-59(48-40-55)83-75-31-15-9-23-67(75)68-24-10-16-32-76(68)83/h1-26,29-52H,27-28H2. The zero-order chi connectivity index (χ0) is 55.2. The minimum absolute atomic E-state index is 0.855. The van der Waals surface area contributed by atoms with Gasteiger partial charge in [-0.2, -0.15) is 0 Å². The highest BCUT2D eigenvalue weighted by Gasteiger charge is 2.24. The molecule has 0 saturated heterocycles. The van der Waals surface area contributed by atoms with Crippen molar-refractivity contribution in [2.75, 3.05) is 0 Å². The molecule has 0 radical (unpaired) electrons. The maximum absolute atomic E-state index is 2.46. The third-order valence-corrected chi connectivity index (χ3v) is 17.7. The van der Waals surface area contributed by atoms with E-state index in [9.17, 15) is 0 Å². The molecular formula is C80H54N4. The first-order chi connectivity index (χ1) is 41.7. The van der Waals surface area contributed by atoms with Gasteiger partial charge in [0.25, 0.3) is 0 Å². The van der Waals surface area contributed by atoms with E-state index in [0.717, 1.165) is 69.0 Å². The van der Waals surface area contributed by atoms with Gasteiger partial charge in [0.05, 0.1) is 33.1 Å². The molecule has 17 rings (SSSR count). The fraction of sp³-hybridized carbons (Fsp3) is 0.0250. The van der Waals surface area contributed by atoms with E-state index in [1.165, 1.54) is 99.1 Å². The Morgan fingerprint density at radius 1 is 0.226 bits per heavy atom. The Hall–Kier alpha value is -10.9. The van der Waals surface area contributed by atoms with Gasteiger partial charge in [-0.25, -0.2) is 0 Å². The van der Waals surface area contributed by atoms with Crippen LogP contribution in [0.4, 0.5) is 0 Å². The Morgan fingerprint density at radius 2 is 0.500 bits per heavy atom. The topological polar surface area (TPSA) is 19.7 Å². The second kappa shape index (κ2) is 19.4. The predicted molar refractivity (Wildman–Crippen MR) is 354 cm³/mol. The Kier molecular flexibility index (Phi) is 11.0. The normalized spacial score (nSPS) is 13.0. The maximum atomic E-state index is 2.46. The van der Waals surface area contributed by atoms with Gasteiger partial charge in [-0.05, 0) is 129 Å². The summed E-state index contributed by atoms with van der Waals surface area (Å²) in [4.78, 5) is 0. The van der Waals surface area contributed by atoms with Crippen molar-refractivity contribution in [2.24, 2.45) is 0 Å². The third-order valence-electron chi connectivity index (χ3n) is 17.7. The van der Waals surface area contributed by atoms with Gasteiger partial charge in [-0.3, -0.25) is 0 Å². The Labute approximate surface area is 487 Å². The Morgan fingerprint density at radius 3 is 0.833 bits per heavy atom. The molecule has 84 heavy (non-hydrogen) atoms. The average Bonchev–Trinajstić information content (AvgIpc) is 2.70. The van der Waals surface area contributed by atoms with E-state index in [-0.39, 0.29) is 0 Å². The lowest BCUT2D eigenvalue weighted by Crippen LogP contribution is -2.01. The lowest BCUT2D eigenvalue weighted by molar-refractivity contribution is 1.00. The van der Waals surface area contributed by atoms with Gasteiger partial charge >= 0.3 is 0 Å². The van der Waals surface area contributed by atoms with Crippen molar-refractivity contribution in [1.29, 1.82) is 0 Å². The van der Waals surface area contributed by atoms with E-state index in [0.29, 0.717) is 0 Å². The Balaban J connectivity index is 0.888.